The molecule has 0 saturated heterocycles. The van der Waals surface area contributed by atoms with Gasteiger partial charge in [-0.05, 0) is 38.8 Å². The number of carbonyl (C=O) groups excluding carboxylic acids is 2. The van der Waals surface area contributed by atoms with E-state index >= 15 is 0 Å². The van der Waals surface area contributed by atoms with Crippen molar-refractivity contribution < 1.29 is 18.0 Å². The molecule has 4 nitrogen and oxygen atoms in total. The molecule has 0 heterocycles. The van der Waals surface area contributed by atoms with Gasteiger partial charge in [-0.1, -0.05) is 12.1 Å². The molecule has 102 valence electrons. The molecule has 1 aliphatic rings. The Labute approximate surface area is 112 Å². The van der Waals surface area contributed by atoms with Gasteiger partial charge in [0.2, 0.25) is 0 Å². The van der Waals surface area contributed by atoms with E-state index in [1.807, 2.05) is 0 Å². The Morgan fingerprint density at radius 3 is 2.11 bits per heavy atom. The number of ketones is 2. The summed E-state index contributed by atoms with van der Waals surface area (Å²) in [6, 6.07) is 5.87. The van der Waals surface area contributed by atoms with Gasteiger partial charge in [0.1, 0.15) is 11.0 Å². The van der Waals surface area contributed by atoms with Gasteiger partial charge in [0, 0.05) is 11.5 Å². The second kappa shape index (κ2) is 4.89. The number of hydrogen-bond acceptors (Lipinski definition) is 4. The van der Waals surface area contributed by atoms with Gasteiger partial charge >= 0.3 is 0 Å². The second-order valence-corrected chi connectivity index (χ2v) is 7.23. The van der Waals surface area contributed by atoms with Crippen molar-refractivity contribution in [3.8, 4) is 0 Å². The maximum absolute atomic E-state index is 12.1. The van der Waals surface area contributed by atoms with Crippen molar-refractivity contribution in [3.05, 3.63) is 29.8 Å². The van der Waals surface area contributed by atoms with Crippen LogP contribution in [0.15, 0.2) is 29.2 Å². The van der Waals surface area contributed by atoms with E-state index in [-0.39, 0.29) is 16.6 Å². The fourth-order valence-electron chi connectivity index (χ4n) is 1.81. The molecule has 1 aliphatic carbocycles. The Kier molecular flexibility index (Phi) is 3.58. The highest BCUT2D eigenvalue weighted by molar-refractivity contribution is 7.92. The van der Waals surface area contributed by atoms with Crippen LogP contribution in [0.5, 0.6) is 0 Å². The molecule has 0 amide bonds. The highest BCUT2D eigenvalue weighted by Crippen LogP contribution is 2.32. The van der Waals surface area contributed by atoms with E-state index in [0.717, 1.165) is 12.8 Å². The van der Waals surface area contributed by atoms with Crippen molar-refractivity contribution in [1.29, 1.82) is 0 Å². The molecule has 0 aliphatic heterocycles. The van der Waals surface area contributed by atoms with Gasteiger partial charge in [0.15, 0.2) is 15.6 Å². The Bertz CT molecular complexity index is 609. The van der Waals surface area contributed by atoms with Gasteiger partial charge in [-0.3, -0.25) is 9.59 Å². The third-order valence-electron chi connectivity index (χ3n) is 3.45. The molecule has 1 saturated carbocycles. The first kappa shape index (κ1) is 13.9. The number of hydrogen-bond donors (Lipinski definition) is 0. The summed E-state index contributed by atoms with van der Waals surface area (Å²) in [5.41, 5.74) is 0.539. The monoisotopic (exact) mass is 280 g/mol. The average molecular weight is 280 g/mol. The zero-order valence-corrected chi connectivity index (χ0v) is 11.7. The van der Waals surface area contributed by atoms with E-state index in [4.69, 9.17) is 0 Å². The molecule has 2 rings (SSSR count). The summed E-state index contributed by atoms with van der Waals surface area (Å²) in [6.07, 6.45) is 1.83. The minimum Gasteiger partial charge on any atom is -0.299 e. The lowest BCUT2D eigenvalue weighted by Gasteiger charge is -2.10. The van der Waals surface area contributed by atoms with Crippen LogP contribution in [-0.4, -0.2) is 25.2 Å². The van der Waals surface area contributed by atoms with Crippen LogP contribution in [0.3, 0.4) is 0 Å². The number of carbonyl (C=O) groups is 2. The van der Waals surface area contributed by atoms with Crippen molar-refractivity contribution in [3.63, 3.8) is 0 Å². The fourth-order valence-corrected chi connectivity index (χ4v) is 3.17. The highest BCUT2D eigenvalue weighted by atomic mass is 32.2. The summed E-state index contributed by atoms with van der Waals surface area (Å²) in [4.78, 5) is 23.1. The summed E-state index contributed by atoms with van der Waals surface area (Å²) in [5.74, 6) is -0.208. The summed E-state index contributed by atoms with van der Waals surface area (Å²) in [5, 5.41) is -1.06. The molecule has 0 N–H and O–H groups in total. The smallest absolute Gasteiger partial charge is 0.188 e. The summed E-state index contributed by atoms with van der Waals surface area (Å²) >= 11 is 0. The van der Waals surface area contributed by atoms with Gasteiger partial charge in [-0.25, -0.2) is 8.42 Å². The molecule has 0 spiro atoms. The van der Waals surface area contributed by atoms with Crippen molar-refractivity contribution >= 4 is 21.4 Å². The van der Waals surface area contributed by atoms with Crippen LogP contribution in [0, 0.1) is 5.92 Å². The maximum Gasteiger partial charge on any atom is 0.188 e. The van der Waals surface area contributed by atoms with Crippen molar-refractivity contribution in [2.24, 2.45) is 5.92 Å². The van der Waals surface area contributed by atoms with E-state index in [9.17, 15) is 18.0 Å². The van der Waals surface area contributed by atoms with E-state index in [2.05, 4.69) is 0 Å². The van der Waals surface area contributed by atoms with Crippen molar-refractivity contribution in [2.45, 2.75) is 36.8 Å². The molecule has 1 fully saturated rings. The number of rotatable bonds is 5. The summed E-state index contributed by atoms with van der Waals surface area (Å²) < 4.78 is 24.2. The van der Waals surface area contributed by atoms with Crippen LogP contribution in [0.4, 0.5) is 0 Å². The number of benzene rings is 1. The van der Waals surface area contributed by atoms with E-state index < -0.39 is 20.9 Å². The summed E-state index contributed by atoms with van der Waals surface area (Å²) in [7, 11) is -3.65. The van der Waals surface area contributed by atoms with Gasteiger partial charge < -0.3 is 0 Å². The minimum absolute atomic E-state index is 0.0727. The molecule has 1 aromatic carbocycles. The zero-order chi connectivity index (χ0) is 14.2. The predicted octanol–water partition coefficient (Wildman–Crippen LogP) is 2.03. The van der Waals surface area contributed by atoms with Crippen LogP contribution >= 0.6 is 0 Å². The largest absolute Gasteiger partial charge is 0.299 e. The molecular formula is C14H16O4S. The highest BCUT2D eigenvalue weighted by Gasteiger charge is 2.31. The topological polar surface area (TPSA) is 68.3 Å². The van der Waals surface area contributed by atoms with E-state index in [1.54, 1.807) is 0 Å². The predicted molar refractivity (Wildman–Crippen MR) is 70.8 cm³/mol. The van der Waals surface area contributed by atoms with Crippen LogP contribution in [0.25, 0.3) is 0 Å². The van der Waals surface area contributed by atoms with Gasteiger partial charge in [-0.2, -0.15) is 0 Å². The maximum atomic E-state index is 12.1. The molecule has 19 heavy (non-hydrogen) atoms. The lowest BCUT2D eigenvalue weighted by molar-refractivity contribution is -0.116. The first-order valence-electron chi connectivity index (χ1n) is 6.22. The Hall–Kier alpha value is -1.49. The van der Waals surface area contributed by atoms with Crippen LogP contribution < -0.4 is 0 Å². The molecule has 0 radical (unpaired) electrons. The van der Waals surface area contributed by atoms with Crippen LogP contribution in [0.1, 0.15) is 37.0 Å². The van der Waals surface area contributed by atoms with E-state index in [0.29, 0.717) is 5.56 Å². The SMILES string of the molecule is CC(=O)C(C)S(=O)(=O)c1ccc(C(=O)C2CC2)cc1. The van der Waals surface area contributed by atoms with Gasteiger partial charge in [0.25, 0.3) is 0 Å². The molecule has 1 atom stereocenters. The Balaban J connectivity index is 2.27. The Morgan fingerprint density at radius 2 is 1.68 bits per heavy atom. The van der Waals surface area contributed by atoms with Crippen LogP contribution in [-0.2, 0) is 14.6 Å². The summed E-state index contributed by atoms with van der Waals surface area (Å²) in [6.45, 7) is 2.63. The molecule has 5 heteroatoms. The molecule has 1 unspecified atom stereocenters. The number of sulfone groups is 1. The Morgan fingerprint density at radius 1 is 1.16 bits per heavy atom. The lowest BCUT2D eigenvalue weighted by Crippen LogP contribution is -2.25. The molecular weight excluding hydrogens is 264 g/mol. The van der Waals surface area contributed by atoms with Crippen molar-refractivity contribution in [1.82, 2.24) is 0 Å². The second-order valence-electron chi connectivity index (χ2n) is 4.96. The molecule has 1 aromatic rings. The lowest BCUT2D eigenvalue weighted by atomic mass is 10.1. The van der Waals surface area contributed by atoms with E-state index in [1.165, 1.54) is 38.1 Å². The first-order chi connectivity index (χ1) is 8.84. The van der Waals surface area contributed by atoms with Crippen molar-refractivity contribution in [2.75, 3.05) is 0 Å². The zero-order valence-electron chi connectivity index (χ0n) is 10.9. The molecule has 0 aromatic heterocycles. The fraction of sp³-hybridized carbons (Fsp3) is 0.429. The average Bonchev–Trinajstić information content (AvgIpc) is 3.21. The third-order valence-corrected chi connectivity index (χ3v) is 5.65. The normalized spacial score (nSPS) is 16.9. The number of Topliss-reactive ketones (excluding diaryl/α,β-unsaturated/α-hetero) is 2. The van der Waals surface area contributed by atoms with Crippen LogP contribution in [0.2, 0.25) is 0 Å². The standard InChI is InChI=1S/C14H16O4S/c1-9(15)10(2)19(17,18)13-7-5-12(6-8-13)14(16)11-3-4-11/h5-8,10-11H,3-4H2,1-2H3. The quantitative estimate of drug-likeness (QED) is 0.774. The minimum atomic E-state index is -3.65. The first-order valence-corrected chi connectivity index (χ1v) is 7.77. The third kappa shape index (κ3) is 2.76. The van der Waals surface area contributed by atoms with Gasteiger partial charge in [-0.15, -0.1) is 0 Å². The molecule has 0 bridgehead atoms. The van der Waals surface area contributed by atoms with Gasteiger partial charge in [0.05, 0.1) is 4.90 Å².